The van der Waals surface area contributed by atoms with Gasteiger partial charge in [0.2, 0.25) is 0 Å². The lowest BCUT2D eigenvalue weighted by molar-refractivity contribution is 0.477. The normalized spacial score (nSPS) is 13.7. The van der Waals surface area contributed by atoms with Crippen molar-refractivity contribution >= 4 is 40.9 Å². The van der Waals surface area contributed by atoms with Crippen LogP contribution in [0.5, 0.6) is 11.5 Å². The highest BCUT2D eigenvalue weighted by molar-refractivity contribution is 8.00. The van der Waals surface area contributed by atoms with Crippen molar-refractivity contribution in [3.05, 3.63) is 96.1 Å². The first-order valence-corrected chi connectivity index (χ1v) is 11.1. The van der Waals surface area contributed by atoms with E-state index < -0.39 is 0 Å². The van der Waals surface area contributed by atoms with Crippen molar-refractivity contribution in [2.24, 2.45) is 0 Å². The van der Waals surface area contributed by atoms with Crippen molar-refractivity contribution < 1.29 is 4.74 Å². The van der Waals surface area contributed by atoms with Crippen LogP contribution < -0.4 is 20.5 Å². The topological polar surface area (TPSA) is 12.5 Å². The summed E-state index contributed by atoms with van der Waals surface area (Å²) in [6, 6.07) is 30.2. The Labute approximate surface area is 181 Å². The summed E-state index contributed by atoms with van der Waals surface area (Å²) < 4.78 is 6.39. The minimum atomic E-state index is 0.0854. The predicted molar refractivity (Wildman–Crippen MR) is 127 cm³/mol. The maximum Gasteiger partial charge on any atom is 0.330 e. The zero-order valence-corrected chi connectivity index (χ0v) is 17.7. The maximum absolute atomic E-state index is 6.39. The molecule has 4 aromatic rings. The van der Waals surface area contributed by atoms with Crippen LogP contribution in [-0.4, -0.2) is 6.85 Å². The number of fused-ring (bicyclic) bond motifs is 4. The SMILES string of the molecule is Cc1cccc2c1N(B1c3ccccc3Sc3ccccc31)c1c(C)cccc1O2. The van der Waals surface area contributed by atoms with Gasteiger partial charge in [0.05, 0.1) is 11.4 Å². The lowest BCUT2D eigenvalue weighted by Gasteiger charge is -2.41. The lowest BCUT2D eigenvalue weighted by Crippen LogP contribution is -2.58. The van der Waals surface area contributed by atoms with Crippen LogP contribution in [0.4, 0.5) is 11.4 Å². The highest BCUT2D eigenvalue weighted by atomic mass is 32.2. The van der Waals surface area contributed by atoms with Gasteiger partial charge in [0.25, 0.3) is 0 Å². The van der Waals surface area contributed by atoms with Gasteiger partial charge in [-0.1, -0.05) is 72.4 Å². The Hall–Kier alpha value is -3.11. The van der Waals surface area contributed by atoms with E-state index in [9.17, 15) is 0 Å². The summed E-state index contributed by atoms with van der Waals surface area (Å²) in [7, 11) is 0. The van der Waals surface area contributed by atoms with Crippen LogP contribution in [0.15, 0.2) is 94.7 Å². The fourth-order valence-electron chi connectivity index (χ4n) is 4.70. The van der Waals surface area contributed by atoms with Crippen molar-refractivity contribution in [2.45, 2.75) is 23.6 Å². The summed E-state index contributed by atoms with van der Waals surface area (Å²) >= 11 is 1.86. The molecule has 4 heteroatoms. The first-order valence-electron chi connectivity index (χ1n) is 10.2. The minimum absolute atomic E-state index is 0.0854. The van der Waals surface area contributed by atoms with E-state index in [1.54, 1.807) is 0 Å². The molecule has 0 bridgehead atoms. The third kappa shape index (κ3) is 2.53. The van der Waals surface area contributed by atoms with Crippen molar-refractivity contribution in [2.75, 3.05) is 4.81 Å². The Morgan fingerprint density at radius 2 is 1.13 bits per heavy atom. The molecule has 144 valence electrons. The van der Waals surface area contributed by atoms with Crippen LogP contribution in [0.2, 0.25) is 0 Å². The van der Waals surface area contributed by atoms with Crippen LogP contribution >= 0.6 is 11.8 Å². The molecule has 30 heavy (non-hydrogen) atoms. The average Bonchev–Trinajstić information content (AvgIpc) is 2.76. The smallest absolute Gasteiger partial charge is 0.330 e. The molecule has 0 radical (unpaired) electrons. The highest BCUT2D eigenvalue weighted by Gasteiger charge is 2.41. The van der Waals surface area contributed by atoms with Crippen molar-refractivity contribution in [1.29, 1.82) is 0 Å². The maximum atomic E-state index is 6.39. The first kappa shape index (κ1) is 17.7. The van der Waals surface area contributed by atoms with Gasteiger partial charge >= 0.3 is 6.85 Å². The molecule has 0 atom stereocenters. The number of hydrogen-bond acceptors (Lipinski definition) is 3. The number of aryl methyl sites for hydroxylation is 2. The molecule has 2 heterocycles. The quantitative estimate of drug-likeness (QED) is 0.371. The molecular formula is C26H20BNOS. The van der Waals surface area contributed by atoms with E-state index in [1.165, 1.54) is 31.8 Å². The molecule has 0 aliphatic carbocycles. The summed E-state index contributed by atoms with van der Waals surface area (Å²) in [5.41, 5.74) is 7.42. The largest absolute Gasteiger partial charge is 0.453 e. The van der Waals surface area contributed by atoms with Crippen LogP contribution in [0.1, 0.15) is 11.1 Å². The van der Waals surface area contributed by atoms with E-state index in [0.717, 1.165) is 22.9 Å². The summed E-state index contributed by atoms with van der Waals surface area (Å²) in [6.45, 7) is 4.43. The molecular weight excluding hydrogens is 385 g/mol. The van der Waals surface area contributed by atoms with Crippen LogP contribution in [0.3, 0.4) is 0 Å². The second-order valence-corrected chi connectivity index (χ2v) is 8.98. The zero-order valence-electron chi connectivity index (χ0n) is 16.9. The summed E-state index contributed by atoms with van der Waals surface area (Å²) in [6.07, 6.45) is 0. The molecule has 0 amide bonds. The van der Waals surface area contributed by atoms with Crippen LogP contribution in [0, 0.1) is 13.8 Å². The Morgan fingerprint density at radius 1 is 0.633 bits per heavy atom. The molecule has 0 spiro atoms. The predicted octanol–water partition coefficient (Wildman–Crippen LogP) is 5.82. The van der Waals surface area contributed by atoms with Crippen molar-refractivity contribution in [3.8, 4) is 11.5 Å². The van der Waals surface area contributed by atoms with Gasteiger partial charge < -0.3 is 9.55 Å². The number of para-hydroxylation sites is 2. The molecule has 2 aliphatic rings. The van der Waals surface area contributed by atoms with Crippen molar-refractivity contribution in [3.63, 3.8) is 0 Å². The fraction of sp³-hybridized carbons (Fsp3) is 0.0769. The molecule has 0 N–H and O–H groups in total. The molecule has 2 nitrogen and oxygen atoms in total. The van der Waals surface area contributed by atoms with E-state index in [0.29, 0.717) is 0 Å². The second kappa shape index (κ2) is 6.71. The van der Waals surface area contributed by atoms with Crippen LogP contribution in [-0.2, 0) is 0 Å². The monoisotopic (exact) mass is 405 g/mol. The first-order chi connectivity index (χ1) is 14.7. The van der Waals surface area contributed by atoms with E-state index in [-0.39, 0.29) is 6.85 Å². The highest BCUT2D eigenvalue weighted by Crippen LogP contribution is 2.50. The third-order valence-electron chi connectivity index (χ3n) is 6.01. The number of anilines is 2. The third-order valence-corrected chi connectivity index (χ3v) is 7.19. The summed E-state index contributed by atoms with van der Waals surface area (Å²) in [5, 5.41) is 0. The van der Waals surface area contributed by atoms with Gasteiger partial charge in [-0.15, -0.1) is 0 Å². The molecule has 0 saturated heterocycles. The minimum Gasteiger partial charge on any atom is -0.453 e. The second-order valence-electron chi connectivity index (χ2n) is 7.90. The number of hydrogen-bond donors (Lipinski definition) is 0. The molecule has 0 aromatic heterocycles. The molecule has 0 saturated carbocycles. The molecule has 4 aromatic carbocycles. The van der Waals surface area contributed by atoms with E-state index in [4.69, 9.17) is 4.74 Å². The fourth-order valence-corrected chi connectivity index (χ4v) is 5.82. The standard InChI is InChI=1S/C26H20BNOS/c1-17-9-7-13-21-25(17)28(26-18(2)10-8-14-22(26)29-21)27-19-11-3-5-15-23(19)30-24-16-6-4-12-20(24)27/h3-16H,1-2H3. The van der Waals surface area contributed by atoms with Gasteiger partial charge in [0.1, 0.15) is 11.5 Å². The van der Waals surface area contributed by atoms with E-state index >= 15 is 0 Å². The number of rotatable bonds is 1. The lowest BCUT2D eigenvalue weighted by atomic mass is 9.48. The van der Waals surface area contributed by atoms with Gasteiger partial charge in [0.15, 0.2) is 0 Å². The number of ether oxygens (including phenoxy) is 1. The Bertz CT molecular complexity index is 1200. The summed E-state index contributed by atoms with van der Waals surface area (Å²) in [5.74, 6) is 1.84. The zero-order chi connectivity index (χ0) is 20.2. The van der Waals surface area contributed by atoms with Gasteiger partial charge in [-0.2, -0.15) is 0 Å². The van der Waals surface area contributed by atoms with Crippen LogP contribution in [0.25, 0.3) is 0 Å². The molecule has 0 fully saturated rings. The average molecular weight is 405 g/mol. The van der Waals surface area contributed by atoms with Crippen molar-refractivity contribution in [1.82, 2.24) is 0 Å². The van der Waals surface area contributed by atoms with Gasteiger partial charge in [0, 0.05) is 9.79 Å². The Kier molecular flexibility index (Phi) is 3.97. The Morgan fingerprint density at radius 3 is 1.67 bits per heavy atom. The van der Waals surface area contributed by atoms with E-state index in [2.05, 4.69) is 104 Å². The van der Waals surface area contributed by atoms with Gasteiger partial charge in [-0.05, 0) is 60.2 Å². The number of nitrogens with zero attached hydrogens (tertiary/aromatic N) is 1. The molecule has 2 aliphatic heterocycles. The molecule has 6 rings (SSSR count). The van der Waals surface area contributed by atoms with E-state index in [1.807, 2.05) is 11.8 Å². The number of benzene rings is 4. The summed E-state index contributed by atoms with van der Waals surface area (Å²) in [4.78, 5) is 5.15. The molecule has 0 unspecified atom stereocenters. The van der Waals surface area contributed by atoms with Gasteiger partial charge in [-0.25, -0.2) is 0 Å². The Balaban J connectivity index is 1.70. The van der Waals surface area contributed by atoms with Gasteiger partial charge in [-0.3, -0.25) is 0 Å².